The van der Waals surface area contributed by atoms with Crippen LogP contribution in [0.4, 0.5) is 0 Å². The number of esters is 1. The number of benzene rings is 1. The first-order chi connectivity index (χ1) is 10.1. The molecule has 112 valence electrons. The number of thiophene rings is 1. The van der Waals surface area contributed by atoms with Crippen LogP contribution in [-0.4, -0.2) is 19.6 Å². The van der Waals surface area contributed by atoms with Crippen LogP contribution in [0.1, 0.15) is 23.1 Å². The molecule has 2 aromatic rings. The van der Waals surface area contributed by atoms with Crippen LogP contribution in [0.3, 0.4) is 0 Å². The van der Waals surface area contributed by atoms with Crippen molar-refractivity contribution in [3.8, 4) is 0 Å². The van der Waals surface area contributed by atoms with Crippen LogP contribution in [0.5, 0.6) is 0 Å². The van der Waals surface area contributed by atoms with Gasteiger partial charge < -0.3 is 10.5 Å². The van der Waals surface area contributed by atoms with Crippen LogP contribution in [0, 0.1) is 6.92 Å². The van der Waals surface area contributed by atoms with E-state index in [1.807, 2.05) is 36.6 Å². The monoisotopic (exact) mass is 303 g/mol. The minimum Gasteiger partial charge on any atom is -0.468 e. The normalized spacial score (nSPS) is 13.7. The zero-order chi connectivity index (χ0) is 15.3. The molecule has 2 N–H and O–H groups in total. The summed E-state index contributed by atoms with van der Waals surface area (Å²) in [4.78, 5) is 12.4. The second kappa shape index (κ2) is 6.87. The maximum atomic E-state index is 12.4. The van der Waals surface area contributed by atoms with Crippen molar-refractivity contribution in [1.82, 2.24) is 0 Å². The number of hydrogen-bond donors (Lipinski definition) is 1. The lowest BCUT2D eigenvalue weighted by molar-refractivity contribution is -0.147. The molecule has 3 nitrogen and oxygen atoms in total. The maximum absolute atomic E-state index is 12.4. The third kappa shape index (κ3) is 3.34. The van der Waals surface area contributed by atoms with Crippen LogP contribution >= 0.6 is 11.3 Å². The molecule has 0 fully saturated rings. The van der Waals surface area contributed by atoms with Gasteiger partial charge in [-0.25, -0.2) is 0 Å². The molecular weight excluding hydrogens is 282 g/mol. The standard InChI is InChI=1S/C17H21NO2S/c1-13-4-3-5-15(10-13)17(12-18,16(19)20-2)8-6-14-7-9-21-11-14/h3-5,7,9-11H,6,8,12,18H2,1-2H3. The number of rotatable bonds is 6. The van der Waals surface area contributed by atoms with E-state index in [4.69, 9.17) is 10.5 Å². The van der Waals surface area contributed by atoms with Gasteiger partial charge in [0.15, 0.2) is 0 Å². The summed E-state index contributed by atoms with van der Waals surface area (Å²) in [5, 5.41) is 4.15. The first kappa shape index (κ1) is 15.7. The molecule has 4 heteroatoms. The van der Waals surface area contributed by atoms with Gasteiger partial charge in [0.05, 0.1) is 7.11 Å². The summed E-state index contributed by atoms with van der Waals surface area (Å²) in [6, 6.07) is 10.0. The van der Waals surface area contributed by atoms with Crippen molar-refractivity contribution in [1.29, 1.82) is 0 Å². The summed E-state index contributed by atoms with van der Waals surface area (Å²) < 4.78 is 5.05. The second-order valence-electron chi connectivity index (χ2n) is 5.28. The smallest absolute Gasteiger partial charge is 0.317 e. The van der Waals surface area contributed by atoms with Gasteiger partial charge in [-0.1, -0.05) is 29.8 Å². The summed E-state index contributed by atoms with van der Waals surface area (Å²) in [7, 11) is 1.42. The van der Waals surface area contributed by atoms with E-state index in [0.29, 0.717) is 6.42 Å². The van der Waals surface area contributed by atoms with Crippen molar-refractivity contribution in [3.05, 3.63) is 57.8 Å². The molecule has 0 radical (unpaired) electrons. The molecule has 1 aromatic heterocycles. The summed E-state index contributed by atoms with van der Waals surface area (Å²) in [6.07, 6.45) is 1.46. The van der Waals surface area contributed by atoms with Crippen LogP contribution in [0.15, 0.2) is 41.1 Å². The number of carbonyl (C=O) groups excluding carboxylic acids is 1. The van der Waals surface area contributed by atoms with Crippen molar-refractivity contribution in [2.45, 2.75) is 25.2 Å². The summed E-state index contributed by atoms with van der Waals surface area (Å²) in [5.74, 6) is -0.258. The first-order valence-corrected chi connectivity index (χ1v) is 7.93. The molecule has 21 heavy (non-hydrogen) atoms. The minimum atomic E-state index is -0.775. The topological polar surface area (TPSA) is 52.3 Å². The van der Waals surface area contributed by atoms with Crippen LogP contribution in [-0.2, 0) is 21.4 Å². The Morgan fingerprint density at radius 3 is 2.76 bits per heavy atom. The molecule has 1 heterocycles. The number of ether oxygens (including phenoxy) is 1. The lowest BCUT2D eigenvalue weighted by Gasteiger charge is -2.30. The Morgan fingerprint density at radius 2 is 2.19 bits per heavy atom. The third-order valence-corrected chi connectivity index (χ3v) is 4.65. The van der Waals surface area contributed by atoms with E-state index >= 15 is 0 Å². The highest BCUT2D eigenvalue weighted by Crippen LogP contribution is 2.31. The fraction of sp³-hybridized carbons (Fsp3) is 0.353. The summed E-state index contributed by atoms with van der Waals surface area (Å²) >= 11 is 1.66. The van der Waals surface area contributed by atoms with Gasteiger partial charge in [-0.05, 0) is 47.7 Å². The average molecular weight is 303 g/mol. The fourth-order valence-corrected chi connectivity index (χ4v) is 3.30. The molecule has 1 aromatic carbocycles. The zero-order valence-corrected chi connectivity index (χ0v) is 13.3. The Balaban J connectivity index is 2.35. The molecule has 0 aliphatic heterocycles. The van der Waals surface area contributed by atoms with Gasteiger partial charge in [-0.2, -0.15) is 11.3 Å². The van der Waals surface area contributed by atoms with E-state index in [1.165, 1.54) is 12.7 Å². The molecule has 0 aliphatic rings. The van der Waals surface area contributed by atoms with Crippen molar-refractivity contribution in [2.24, 2.45) is 5.73 Å². The number of aryl methyl sites for hydroxylation is 2. The van der Waals surface area contributed by atoms with Crippen molar-refractivity contribution < 1.29 is 9.53 Å². The van der Waals surface area contributed by atoms with Crippen LogP contribution < -0.4 is 5.73 Å². The van der Waals surface area contributed by atoms with Crippen molar-refractivity contribution in [2.75, 3.05) is 13.7 Å². The van der Waals surface area contributed by atoms with Crippen molar-refractivity contribution in [3.63, 3.8) is 0 Å². The Kier molecular flexibility index (Phi) is 5.15. The van der Waals surface area contributed by atoms with E-state index in [1.54, 1.807) is 11.3 Å². The molecule has 1 unspecified atom stereocenters. The minimum absolute atomic E-state index is 0.243. The predicted molar refractivity (Wildman–Crippen MR) is 86.6 cm³/mol. The van der Waals surface area contributed by atoms with E-state index in [-0.39, 0.29) is 12.5 Å². The van der Waals surface area contributed by atoms with Crippen LogP contribution in [0.25, 0.3) is 0 Å². The molecular formula is C17H21NO2S. The van der Waals surface area contributed by atoms with Crippen LogP contribution in [0.2, 0.25) is 0 Å². The fourth-order valence-electron chi connectivity index (χ4n) is 2.60. The van der Waals surface area contributed by atoms with Gasteiger partial charge in [0.1, 0.15) is 5.41 Å². The van der Waals surface area contributed by atoms with E-state index in [9.17, 15) is 4.79 Å². The Bertz CT molecular complexity index is 595. The molecule has 0 saturated heterocycles. The van der Waals surface area contributed by atoms with Gasteiger partial charge in [-0.15, -0.1) is 0 Å². The molecule has 1 atom stereocenters. The van der Waals surface area contributed by atoms with Gasteiger partial charge in [0, 0.05) is 6.54 Å². The van der Waals surface area contributed by atoms with Gasteiger partial charge in [-0.3, -0.25) is 4.79 Å². The van der Waals surface area contributed by atoms with E-state index in [0.717, 1.165) is 17.5 Å². The summed E-state index contributed by atoms with van der Waals surface area (Å²) in [5.41, 5.74) is 8.52. The Morgan fingerprint density at radius 1 is 1.38 bits per heavy atom. The SMILES string of the molecule is COC(=O)C(CN)(CCc1ccsc1)c1cccc(C)c1. The molecule has 0 amide bonds. The molecule has 0 spiro atoms. The molecule has 2 rings (SSSR count). The van der Waals surface area contributed by atoms with E-state index < -0.39 is 5.41 Å². The molecule has 0 saturated carbocycles. The highest BCUT2D eigenvalue weighted by Gasteiger charge is 2.39. The average Bonchev–Trinajstić information content (AvgIpc) is 3.01. The number of methoxy groups -OCH3 is 1. The van der Waals surface area contributed by atoms with E-state index in [2.05, 4.69) is 11.4 Å². The number of nitrogens with two attached hydrogens (primary N) is 1. The van der Waals surface area contributed by atoms with Gasteiger partial charge in [0.25, 0.3) is 0 Å². The molecule has 0 bridgehead atoms. The Hall–Kier alpha value is -1.65. The lowest BCUT2D eigenvalue weighted by Crippen LogP contribution is -2.44. The number of hydrogen-bond acceptors (Lipinski definition) is 4. The summed E-state index contributed by atoms with van der Waals surface area (Å²) in [6.45, 7) is 2.26. The third-order valence-electron chi connectivity index (χ3n) is 3.92. The number of carbonyl (C=O) groups is 1. The highest BCUT2D eigenvalue weighted by atomic mass is 32.1. The first-order valence-electron chi connectivity index (χ1n) is 6.99. The lowest BCUT2D eigenvalue weighted by atomic mass is 9.75. The largest absolute Gasteiger partial charge is 0.468 e. The second-order valence-corrected chi connectivity index (χ2v) is 6.06. The van der Waals surface area contributed by atoms with Gasteiger partial charge in [0.2, 0.25) is 0 Å². The Labute approximate surface area is 129 Å². The van der Waals surface area contributed by atoms with Crippen molar-refractivity contribution >= 4 is 17.3 Å². The van der Waals surface area contributed by atoms with Gasteiger partial charge >= 0.3 is 5.97 Å². The zero-order valence-electron chi connectivity index (χ0n) is 12.5. The molecule has 0 aliphatic carbocycles. The highest BCUT2D eigenvalue weighted by molar-refractivity contribution is 7.07. The quantitative estimate of drug-likeness (QED) is 0.834. The predicted octanol–water partition coefficient (Wildman–Crippen LogP) is 3.06. The maximum Gasteiger partial charge on any atom is 0.317 e.